The molecule has 176 valence electrons. The molecule has 0 aromatic carbocycles. The Balaban J connectivity index is 2.27. The molecule has 0 bridgehead atoms. The van der Waals surface area contributed by atoms with Crippen LogP contribution in [0.2, 0.25) is 0 Å². The smallest absolute Gasteiger partial charge is 0.398 e. The van der Waals surface area contributed by atoms with Gasteiger partial charge in [0, 0.05) is 24.6 Å². The van der Waals surface area contributed by atoms with E-state index in [1.165, 1.54) is 26.1 Å². The fourth-order valence-electron chi connectivity index (χ4n) is 3.01. The molecule has 0 radical (unpaired) electrons. The first kappa shape index (κ1) is 25.5. The van der Waals surface area contributed by atoms with Crippen molar-refractivity contribution >= 4 is 22.0 Å². The highest BCUT2D eigenvalue weighted by Crippen LogP contribution is 2.30. The summed E-state index contributed by atoms with van der Waals surface area (Å²) < 4.78 is 61.2. The van der Waals surface area contributed by atoms with Gasteiger partial charge >= 0.3 is 6.18 Å². The van der Waals surface area contributed by atoms with Crippen LogP contribution < -0.4 is 11.1 Å². The summed E-state index contributed by atoms with van der Waals surface area (Å²) in [4.78, 5) is 20.0. The standard InChI is InChI=1S/C20H25F3N4O4S/c1-19(2,29)13-10-14(24)12(11-25-7-8-32(3,30)31)9-16(13)27-18(28)15-5-4-6-17(26-15)20(21,22)23/h4-6,10-11,16,29H,7-9,24H2,1-3H3,(H,27,28). The van der Waals surface area contributed by atoms with Crippen LogP contribution in [0.25, 0.3) is 0 Å². The molecule has 1 aromatic rings. The van der Waals surface area contributed by atoms with Crippen molar-refractivity contribution in [3.05, 3.63) is 52.5 Å². The normalized spacial score (nSPS) is 18.1. The van der Waals surface area contributed by atoms with E-state index in [1.807, 2.05) is 0 Å². The Kier molecular flexibility index (Phi) is 7.51. The van der Waals surface area contributed by atoms with E-state index in [0.29, 0.717) is 11.1 Å². The van der Waals surface area contributed by atoms with Crippen LogP contribution in [-0.2, 0) is 16.0 Å². The van der Waals surface area contributed by atoms with Gasteiger partial charge in [-0.25, -0.2) is 13.4 Å². The van der Waals surface area contributed by atoms with Crippen molar-refractivity contribution in [3.8, 4) is 0 Å². The number of hydrogen-bond donors (Lipinski definition) is 3. The molecule has 0 saturated heterocycles. The van der Waals surface area contributed by atoms with Crippen LogP contribution in [0.4, 0.5) is 13.2 Å². The predicted octanol–water partition coefficient (Wildman–Crippen LogP) is 1.63. The number of allylic oxidation sites excluding steroid dienone is 1. The molecular formula is C20H25F3N4O4S. The van der Waals surface area contributed by atoms with Crippen molar-refractivity contribution in [2.45, 2.75) is 38.1 Å². The molecule has 1 aliphatic rings. The maximum absolute atomic E-state index is 12.9. The summed E-state index contributed by atoms with van der Waals surface area (Å²) in [6.45, 7) is 2.99. The lowest BCUT2D eigenvalue weighted by Gasteiger charge is -2.33. The predicted molar refractivity (Wildman–Crippen MR) is 114 cm³/mol. The highest BCUT2D eigenvalue weighted by atomic mass is 32.2. The average molecular weight is 475 g/mol. The summed E-state index contributed by atoms with van der Waals surface area (Å²) in [5.41, 5.74) is 4.13. The molecule has 1 aromatic heterocycles. The van der Waals surface area contributed by atoms with Crippen molar-refractivity contribution in [1.29, 1.82) is 0 Å². The van der Waals surface area contributed by atoms with Gasteiger partial charge < -0.3 is 16.2 Å². The number of aromatic nitrogens is 1. The summed E-state index contributed by atoms with van der Waals surface area (Å²) in [6.07, 6.45) is -0.672. The molecule has 0 fully saturated rings. The monoisotopic (exact) mass is 474 g/mol. The van der Waals surface area contributed by atoms with Gasteiger partial charge in [0.25, 0.3) is 5.91 Å². The lowest BCUT2D eigenvalue weighted by atomic mass is 9.83. The van der Waals surface area contributed by atoms with Crippen molar-refractivity contribution in [3.63, 3.8) is 0 Å². The maximum atomic E-state index is 12.9. The molecule has 4 N–H and O–H groups in total. The molecule has 8 nitrogen and oxygen atoms in total. The molecule has 12 heteroatoms. The molecule has 1 heterocycles. The number of aliphatic imine (C=N–C) groups is 1. The van der Waals surface area contributed by atoms with Crippen molar-refractivity contribution < 1.29 is 31.5 Å². The minimum atomic E-state index is -4.70. The topological polar surface area (TPSA) is 135 Å². The zero-order valence-corrected chi connectivity index (χ0v) is 18.6. The SMILES string of the molecule is CC(C)(O)C1=CC(N)=C(C=NCCS(C)(=O)=O)CC1NC(=O)c1cccc(C(F)(F)F)n1. The third-order valence-electron chi connectivity index (χ3n) is 4.60. The molecule has 2 rings (SSSR count). The number of aliphatic hydroxyl groups is 1. The van der Waals surface area contributed by atoms with Crippen molar-refractivity contribution in [1.82, 2.24) is 10.3 Å². The van der Waals surface area contributed by atoms with E-state index in [1.54, 1.807) is 0 Å². The first-order valence-corrected chi connectivity index (χ1v) is 11.6. The lowest BCUT2D eigenvalue weighted by Crippen LogP contribution is -2.45. The minimum Gasteiger partial charge on any atom is -0.398 e. The van der Waals surface area contributed by atoms with E-state index in [4.69, 9.17) is 5.73 Å². The Morgan fingerprint density at radius 2 is 2.03 bits per heavy atom. The van der Waals surface area contributed by atoms with E-state index in [0.717, 1.165) is 24.5 Å². The van der Waals surface area contributed by atoms with Gasteiger partial charge in [-0.15, -0.1) is 0 Å². The minimum absolute atomic E-state index is 0.0167. The van der Waals surface area contributed by atoms with E-state index in [-0.39, 0.29) is 24.4 Å². The maximum Gasteiger partial charge on any atom is 0.433 e. The lowest BCUT2D eigenvalue weighted by molar-refractivity contribution is -0.141. The van der Waals surface area contributed by atoms with E-state index in [9.17, 15) is 31.5 Å². The number of carbonyl (C=O) groups excluding carboxylic acids is 1. The second kappa shape index (κ2) is 9.41. The zero-order chi connectivity index (χ0) is 24.3. The van der Waals surface area contributed by atoms with Crippen LogP contribution in [0.5, 0.6) is 0 Å². The fraction of sp³-hybridized carbons (Fsp3) is 0.450. The molecule has 0 saturated carbocycles. The average Bonchev–Trinajstić information content (AvgIpc) is 2.65. The van der Waals surface area contributed by atoms with E-state index in [2.05, 4.69) is 15.3 Å². The third-order valence-corrected chi connectivity index (χ3v) is 5.53. The first-order chi connectivity index (χ1) is 14.6. The number of amides is 1. The quantitative estimate of drug-likeness (QED) is 0.514. The van der Waals surface area contributed by atoms with Gasteiger partial charge in [-0.2, -0.15) is 13.2 Å². The Hall–Kier alpha value is -2.73. The van der Waals surface area contributed by atoms with Crippen LogP contribution >= 0.6 is 0 Å². The van der Waals surface area contributed by atoms with Crippen molar-refractivity contribution in [2.24, 2.45) is 10.7 Å². The fourth-order valence-corrected chi connectivity index (χ4v) is 3.45. The van der Waals surface area contributed by atoms with Gasteiger partial charge in [-0.3, -0.25) is 9.79 Å². The van der Waals surface area contributed by atoms with Gasteiger partial charge in [-0.1, -0.05) is 6.07 Å². The Morgan fingerprint density at radius 1 is 1.38 bits per heavy atom. The van der Waals surface area contributed by atoms with Crippen LogP contribution in [0.1, 0.15) is 36.5 Å². The second-order valence-corrected chi connectivity index (χ2v) is 10.2. The van der Waals surface area contributed by atoms with Gasteiger partial charge in [0.15, 0.2) is 0 Å². The van der Waals surface area contributed by atoms with Gasteiger partial charge in [0.05, 0.1) is 23.9 Å². The molecule has 0 spiro atoms. The number of carbonyl (C=O) groups is 1. The summed E-state index contributed by atoms with van der Waals surface area (Å²) >= 11 is 0. The van der Waals surface area contributed by atoms with Gasteiger partial charge in [0.1, 0.15) is 21.2 Å². The van der Waals surface area contributed by atoms with Crippen LogP contribution in [0, 0.1) is 0 Å². The van der Waals surface area contributed by atoms with E-state index < -0.39 is 45.0 Å². The number of alkyl halides is 3. The first-order valence-electron chi connectivity index (χ1n) is 9.53. The highest BCUT2D eigenvalue weighted by molar-refractivity contribution is 7.90. The second-order valence-electron chi connectivity index (χ2n) is 7.94. The van der Waals surface area contributed by atoms with Gasteiger partial charge in [-0.05, 0) is 43.2 Å². The number of nitrogens with zero attached hydrogens (tertiary/aromatic N) is 2. The van der Waals surface area contributed by atoms with Crippen molar-refractivity contribution in [2.75, 3.05) is 18.6 Å². The molecule has 1 atom stereocenters. The number of sulfone groups is 1. The summed E-state index contributed by atoms with van der Waals surface area (Å²) in [5, 5.41) is 13.1. The Bertz CT molecular complexity index is 1070. The number of rotatable bonds is 7. The van der Waals surface area contributed by atoms with Gasteiger partial charge in [0.2, 0.25) is 0 Å². The molecular weight excluding hydrogens is 449 g/mol. The van der Waals surface area contributed by atoms with Crippen LogP contribution in [0.15, 0.2) is 46.1 Å². The van der Waals surface area contributed by atoms with Crippen LogP contribution in [0.3, 0.4) is 0 Å². The van der Waals surface area contributed by atoms with E-state index >= 15 is 0 Å². The number of nitrogens with two attached hydrogens (primary N) is 1. The Morgan fingerprint density at radius 3 is 2.59 bits per heavy atom. The summed E-state index contributed by atoms with van der Waals surface area (Å²) in [6, 6.07) is 2.19. The third kappa shape index (κ3) is 7.16. The Labute approximate surface area is 184 Å². The highest BCUT2D eigenvalue weighted by Gasteiger charge is 2.35. The summed E-state index contributed by atoms with van der Waals surface area (Å²) in [7, 11) is -3.19. The number of nitrogens with one attached hydrogen (secondary N) is 1. The largest absolute Gasteiger partial charge is 0.433 e. The molecule has 1 unspecified atom stereocenters. The molecule has 1 aliphatic carbocycles. The molecule has 1 amide bonds. The molecule has 32 heavy (non-hydrogen) atoms. The molecule has 0 aliphatic heterocycles. The number of hydrogen-bond acceptors (Lipinski definition) is 7. The number of halogens is 3. The zero-order valence-electron chi connectivity index (χ0n) is 17.8. The summed E-state index contributed by atoms with van der Waals surface area (Å²) in [5.74, 6) is -1.01. The van der Waals surface area contributed by atoms with Crippen LogP contribution in [-0.4, -0.2) is 60.8 Å². The number of pyridine rings is 1.